The lowest BCUT2D eigenvalue weighted by Crippen LogP contribution is -2.36. The van der Waals surface area contributed by atoms with Gasteiger partial charge in [-0.2, -0.15) is 4.52 Å². The van der Waals surface area contributed by atoms with Crippen molar-refractivity contribution in [2.75, 3.05) is 25.4 Å². The highest BCUT2D eigenvalue weighted by molar-refractivity contribution is 8.01. The van der Waals surface area contributed by atoms with Gasteiger partial charge in [0.1, 0.15) is 0 Å². The summed E-state index contributed by atoms with van der Waals surface area (Å²) in [5.74, 6) is 0.506. The molecule has 30 heavy (non-hydrogen) atoms. The fourth-order valence-electron chi connectivity index (χ4n) is 4.05. The number of fused-ring (bicyclic) bond motifs is 2. The normalized spacial score (nSPS) is 16.9. The van der Waals surface area contributed by atoms with Crippen molar-refractivity contribution < 1.29 is 4.79 Å². The molecule has 0 spiro atoms. The first-order valence-electron chi connectivity index (χ1n) is 10.3. The summed E-state index contributed by atoms with van der Waals surface area (Å²) in [5, 5.41) is 4.46. The van der Waals surface area contributed by atoms with Crippen LogP contribution in [0.15, 0.2) is 39.5 Å². The topological polar surface area (TPSA) is 70.8 Å². The highest BCUT2D eigenvalue weighted by Gasteiger charge is 2.24. The van der Waals surface area contributed by atoms with Crippen LogP contribution in [0.2, 0.25) is 0 Å². The quantitative estimate of drug-likeness (QED) is 0.567. The first-order valence-corrected chi connectivity index (χ1v) is 12.1. The first-order chi connectivity index (χ1) is 14.7. The molecule has 0 aliphatic carbocycles. The van der Waals surface area contributed by atoms with E-state index in [1.807, 2.05) is 23.1 Å². The predicted octanol–water partition coefficient (Wildman–Crippen LogP) is 2.42. The van der Waals surface area contributed by atoms with Crippen molar-refractivity contribution in [2.45, 2.75) is 36.7 Å². The Labute approximate surface area is 182 Å². The predicted molar refractivity (Wildman–Crippen MR) is 118 cm³/mol. The number of carbonyl (C=O) groups is 1. The van der Waals surface area contributed by atoms with Crippen molar-refractivity contribution in [1.29, 1.82) is 0 Å². The molecule has 2 aromatic heterocycles. The van der Waals surface area contributed by atoms with Crippen molar-refractivity contribution in [3.63, 3.8) is 0 Å². The van der Waals surface area contributed by atoms with E-state index in [4.69, 9.17) is 4.98 Å². The van der Waals surface area contributed by atoms with Crippen molar-refractivity contribution in [3.05, 3.63) is 57.5 Å². The zero-order valence-corrected chi connectivity index (χ0v) is 18.3. The second-order valence-electron chi connectivity index (χ2n) is 7.73. The van der Waals surface area contributed by atoms with Crippen molar-refractivity contribution in [1.82, 2.24) is 24.4 Å². The molecule has 2 aliphatic heterocycles. The molecule has 7 nitrogen and oxygen atoms in total. The Bertz CT molecular complexity index is 1120. The van der Waals surface area contributed by atoms with Crippen LogP contribution >= 0.6 is 23.1 Å². The number of amides is 1. The largest absolute Gasteiger partial charge is 0.342 e. The van der Waals surface area contributed by atoms with E-state index in [0.717, 1.165) is 61.0 Å². The highest BCUT2D eigenvalue weighted by atomic mass is 32.2. The number of hydrogen-bond acceptors (Lipinski definition) is 7. The maximum absolute atomic E-state index is 13.1. The molecule has 156 valence electrons. The fraction of sp³-hybridized carbons (Fsp3) is 0.429. The van der Waals surface area contributed by atoms with E-state index in [0.29, 0.717) is 17.3 Å². The van der Waals surface area contributed by atoms with Crippen molar-refractivity contribution >= 4 is 34.0 Å². The van der Waals surface area contributed by atoms with Crippen molar-refractivity contribution in [3.8, 4) is 0 Å². The molecule has 1 aromatic carbocycles. The standard InChI is InChI=1S/C21H23N5O2S2/c27-18(25-9-4-5-10-25)14-29-21-23-26-19(28)16-13-24(12-15-6-2-1-3-7-15)11-8-17(16)22-20(26)30-21/h1-3,6-7H,4-5,8-14H2. The Morgan fingerprint density at radius 1 is 1.13 bits per heavy atom. The molecule has 2 aliphatic rings. The highest BCUT2D eigenvalue weighted by Crippen LogP contribution is 2.26. The van der Waals surface area contributed by atoms with Crippen LogP contribution in [-0.2, 0) is 24.3 Å². The average molecular weight is 442 g/mol. The molecule has 0 N–H and O–H groups in total. The van der Waals surface area contributed by atoms with Gasteiger partial charge in [-0.05, 0) is 18.4 Å². The Balaban J connectivity index is 1.33. The molecule has 5 rings (SSSR count). The molecule has 0 bridgehead atoms. The number of thioether (sulfide) groups is 1. The molecule has 3 aromatic rings. The minimum Gasteiger partial charge on any atom is -0.342 e. The van der Waals surface area contributed by atoms with E-state index in [2.05, 4.69) is 22.1 Å². The minimum atomic E-state index is -0.0817. The van der Waals surface area contributed by atoms with Gasteiger partial charge in [-0.1, -0.05) is 53.4 Å². The van der Waals surface area contributed by atoms with Crippen molar-refractivity contribution in [2.24, 2.45) is 0 Å². The van der Waals surface area contributed by atoms with Crippen LogP contribution in [0.5, 0.6) is 0 Å². The van der Waals surface area contributed by atoms with Crippen LogP contribution in [0.1, 0.15) is 29.7 Å². The zero-order valence-electron chi connectivity index (χ0n) is 16.6. The van der Waals surface area contributed by atoms with E-state index in [1.165, 1.54) is 33.2 Å². The van der Waals surface area contributed by atoms with Gasteiger partial charge in [-0.25, -0.2) is 4.98 Å². The number of carbonyl (C=O) groups excluding carboxylic acids is 1. The lowest BCUT2D eigenvalue weighted by Gasteiger charge is -2.27. The van der Waals surface area contributed by atoms with Gasteiger partial charge in [0.05, 0.1) is 17.0 Å². The van der Waals surface area contributed by atoms with E-state index in [-0.39, 0.29) is 11.5 Å². The number of aromatic nitrogens is 3. The molecule has 4 heterocycles. The summed E-state index contributed by atoms with van der Waals surface area (Å²) >= 11 is 2.79. The van der Waals surface area contributed by atoms with E-state index >= 15 is 0 Å². The maximum Gasteiger partial charge on any atom is 0.279 e. The number of benzene rings is 1. The third-order valence-corrected chi connectivity index (χ3v) is 7.67. The van der Waals surface area contributed by atoms with Gasteiger partial charge in [-0.15, -0.1) is 5.10 Å². The van der Waals surface area contributed by atoms with Gasteiger partial charge in [0.15, 0.2) is 4.34 Å². The molecular weight excluding hydrogens is 418 g/mol. The van der Waals surface area contributed by atoms with E-state index < -0.39 is 0 Å². The summed E-state index contributed by atoms with van der Waals surface area (Å²) in [6.07, 6.45) is 2.94. The number of likely N-dealkylation sites (tertiary alicyclic amines) is 1. The Kier molecular flexibility index (Phi) is 5.58. The maximum atomic E-state index is 13.1. The molecule has 0 radical (unpaired) electrons. The molecule has 0 atom stereocenters. The van der Waals surface area contributed by atoms with Gasteiger partial charge in [0.2, 0.25) is 10.9 Å². The van der Waals surface area contributed by atoms with Crippen LogP contribution in [-0.4, -0.2) is 55.7 Å². The second-order valence-corrected chi connectivity index (χ2v) is 9.91. The Morgan fingerprint density at radius 3 is 2.73 bits per heavy atom. The van der Waals surface area contributed by atoms with Crippen LogP contribution in [0.3, 0.4) is 0 Å². The monoisotopic (exact) mass is 441 g/mol. The molecule has 0 saturated carbocycles. The lowest BCUT2D eigenvalue weighted by molar-refractivity contribution is -0.127. The SMILES string of the molecule is O=C(CSc1nn2c(=O)c3c(nc2s1)CCN(Cc1ccccc1)C3)N1CCCC1. The van der Waals surface area contributed by atoms with E-state index in [1.54, 1.807) is 0 Å². The summed E-state index contributed by atoms with van der Waals surface area (Å²) in [6, 6.07) is 10.3. The van der Waals surface area contributed by atoms with E-state index in [9.17, 15) is 9.59 Å². The minimum absolute atomic E-state index is 0.0817. The summed E-state index contributed by atoms with van der Waals surface area (Å²) in [4.78, 5) is 34.9. The third-order valence-electron chi connectivity index (χ3n) is 5.64. The molecule has 1 amide bonds. The summed E-state index contributed by atoms with van der Waals surface area (Å²) in [5.41, 5.74) is 2.79. The van der Waals surface area contributed by atoms with Gasteiger partial charge in [0.25, 0.3) is 5.56 Å². The lowest BCUT2D eigenvalue weighted by atomic mass is 10.1. The first kappa shape index (κ1) is 19.7. The zero-order chi connectivity index (χ0) is 20.5. The third kappa shape index (κ3) is 4.01. The molecule has 9 heteroatoms. The smallest absolute Gasteiger partial charge is 0.279 e. The summed E-state index contributed by atoms with van der Waals surface area (Å²) < 4.78 is 2.13. The van der Waals surface area contributed by atoms with Crippen LogP contribution in [0.4, 0.5) is 0 Å². The fourth-order valence-corrected chi connectivity index (χ4v) is 5.90. The van der Waals surface area contributed by atoms with Gasteiger partial charge >= 0.3 is 0 Å². The van der Waals surface area contributed by atoms with Gasteiger partial charge in [0, 0.05) is 39.1 Å². The number of rotatable bonds is 5. The molecular formula is C21H23N5O2S2. The molecule has 1 fully saturated rings. The Hall–Kier alpha value is -2.23. The summed E-state index contributed by atoms with van der Waals surface area (Å²) in [7, 11) is 0. The van der Waals surface area contributed by atoms with Crippen LogP contribution in [0, 0.1) is 0 Å². The van der Waals surface area contributed by atoms with Crippen LogP contribution < -0.4 is 5.56 Å². The van der Waals surface area contributed by atoms with Gasteiger partial charge < -0.3 is 4.90 Å². The number of hydrogen-bond donors (Lipinski definition) is 0. The summed E-state index contributed by atoms with van der Waals surface area (Å²) in [6.45, 7) is 4.00. The number of nitrogens with zero attached hydrogens (tertiary/aromatic N) is 5. The van der Waals surface area contributed by atoms with Gasteiger partial charge in [-0.3, -0.25) is 14.5 Å². The molecule has 0 unspecified atom stereocenters. The molecule has 1 saturated heterocycles. The second kappa shape index (κ2) is 8.49. The average Bonchev–Trinajstić information content (AvgIpc) is 3.44. The Morgan fingerprint density at radius 2 is 1.93 bits per heavy atom. The van der Waals surface area contributed by atoms with Crippen LogP contribution in [0.25, 0.3) is 4.96 Å².